The lowest BCUT2D eigenvalue weighted by Gasteiger charge is -2.62. The molecule has 2 N–H and O–H groups in total. The molecule has 0 aromatic heterocycles. The van der Waals surface area contributed by atoms with Crippen molar-refractivity contribution in [1.29, 1.82) is 0 Å². The number of amides is 1. The summed E-state index contributed by atoms with van der Waals surface area (Å²) in [6.07, 6.45) is 3.54. The van der Waals surface area contributed by atoms with Gasteiger partial charge in [-0.25, -0.2) is 0 Å². The van der Waals surface area contributed by atoms with Gasteiger partial charge in [0.2, 0.25) is 5.91 Å². The molecule has 1 heterocycles. The van der Waals surface area contributed by atoms with E-state index < -0.39 is 6.04 Å². The van der Waals surface area contributed by atoms with Crippen LogP contribution in [0.4, 0.5) is 0 Å². The zero-order chi connectivity index (χ0) is 33.2. The van der Waals surface area contributed by atoms with Crippen molar-refractivity contribution in [3.8, 4) is 0 Å². The predicted octanol–water partition coefficient (Wildman–Crippen LogP) is 6.37. The van der Waals surface area contributed by atoms with Gasteiger partial charge in [0.15, 0.2) is 0 Å². The Labute approximate surface area is 282 Å². The largest absolute Gasteiger partial charge is 0.394 e. The van der Waals surface area contributed by atoms with Crippen LogP contribution >= 0.6 is 11.6 Å². The first-order valence-corrected chi connectivity index (χ1v) is 17.8. The molecular weight excluding hydrogens is 596 g/mol. The van der Waals surface area contributed by atoms with E-state index in [1.165, 1.54) is 12.0 Å². The molecule has 0 spiro atoms. The maximum Gasteiger partial charge on any atom is 0.240 e. The van der Waals surface area contributed by atoms with Gasteiger partial charge in [0, 0.05) is 43.2 Å². The molecule has 2 aromatic carbocycles. The molecule has 3 aliphatic carbocycles. The minimum Gasteiger partial charge on any atom is -0.394 e. The number of hydrogen-bond donors (Lipinski definition) is 2. The Hall–Kier alpha value is -2.00. The SMILES string of the molecule is CC(C)CC(CN(C)C)N(Cc1cccc(CN2O[C@@H](CO)CC2C(=O)N[C@H]2C[C@H]3C[C@@H]([C@@H]2C)C3(C)C)c1)Cc1ccccc1Cl. The Kier molecular flexibility index (Phi) is 11.6. The van der Waals surface area contributed by atoms with Crippen LogP contribution in [0.3, 0.4) is 0 Å². The second-order valence-corrected chi connectivity index (χ2v) is 16.1. The highest BCUT2D eigenvalue weighted by molar-refractivity contribution is 6.31. The fourth-order valence-electron chi connectivity index (χ4n) is 8.49. The van der Waals surface area contributed by atoms with Crippen LogP contribution in [0.25, 0.3) is 0 Å². The summed E-state index contributed by atoms with van der Waals surface area (Å²) in [7, 11) is 4.28. The molecule has 46 heavy (non-hydrogen) atoms. The molecule has 4 aliphatic rings. The highest BCUT2D eigenvalue weighted by Gasteiger charge is 2.56. The molecule has 3 saturated carbocycles. The highest BCUT2D eigenvalue weighted by atomic mass is 35.5. The van der Waals surface area contributed by atoms with E-state index in [0.29, 0.717) is 48.1 Å². The van der Waals surface area contributed by atoms with E-state index in [1.54, 1.807) is 0 Å². The van der Waals surface area contributed by atoms with Crippen LogP contribution in [0.2, 0.25) is 5.02 Å². The predicted molar refractivity (Wildman–Crippen MR) is 186 cm³/mol. The van der Waals surface area contributed by atoms with Crippen LogP contribution in [0.5, 0.6) is 0 Å². The number of carbonyl (C=O) groups excluding carboxylic acids is 1. The average molecular weight is 653 g/mol. The van der Waals surface area contributed by atoms with Crippen molar-refractivity contribution in [3.63, 3.8) is 0 Å². The van der Waals surface area contributed by atoms with E-state index in [0.717, 1.165) is 48.6 Å². The van der Waals surface area contributed by atoms with E-state index in [1.807, 2.05) is 17.2 Å². The Morgan fingerprint density at radius 1 is 1.09 bits per heavy atom. The first kappa shape index (κ1) is 35.3. The Morgan fingerprint density at radius 2 is 1.83 bits per heavy atom. The molecule has 0 radical (unpaired) electrons. The van der Waals surface area contributed by atoms with Gasteiger partial charge in [0.25, 0.3) is 0 Å². The second-order valence-electron chi connectivity index (χ2n) is 15.7. The summed E-state index contributed by atoms with van der Waals surface area (Å²) < 4.78 is 0. The van der Waals surface area contributed by atoms with Crippen LogP contribution in [0, 0.1) is 29.1 Å². The molecule has 2 bridgehead atoms. The van der Waals surface area contributed by atoms with Gasteiger partial charge in [-0.15, -0.1) is 0 Å². The number of nitrogens with one attached hydrogen (secondary N) is 1. The fraction of sp³-hybridized carbons (Fsp3) is 0.658. The lowest BCUT2D eigenvalue weighted by Crippen LogP contribution is -2.61. The minimum atomic E-state index is -0.425. The first-order chi connectivity index (χ1) is 21.8. The number of hydrogen-bond acceptors (Lipinski definition) is 6. The van der Waals surface area contributed by atoms with Crippen molar-refractivity contribution in [1.82, 2.24) is 20.2 Å². The summed E-state index contributed by atoms with van der Waals surface area (Å²) in [6.45, 7) is 14.5. The smallest absolute Gasteiger partial charge is 0.240 e. The van der Waals surface area contributed by atoms with Gasteiger partial charge in [-0.3, -0.25) is 14.5 Å². The van der Waals surface area contributed by atoms with Gasteiger partial charge in [0.05, 0.1) is 13.2 Å². The molecule has 254 valence electrons. The Bertz CT molecular complexity index is 1310. The lowest BCUT2D eigenvalue weighted by atomic mass is 9.45. The maximum atomic E-state index is 13.7. The molecule has 1 saturated heterocycles. The van der Waals surface area contributed by atoms with Crippen molar-refractivity contribution in [3.05, 3.63) is 70.2 Å². The van der Waals surface area contributed by atoms with Crippen LogP contribution in [-0.4, -0.2) is 77.4 Å². The molecule has 2 unspecified atom stereocenters. The summed E-state index contributed by atoms with van der Waals surface area (Å²) in [5.74, 6) is 2.39. The topological polar surface area (TPSA) is 68.3 Å². The van der Waals surface area contributed by atoms with E-state index in [-0.39, 0.29) is 24.7 Å². The standard InChI is InChI=1S/C38H57ClN4O3/c1-25(2)15-31(23-41(6)7)42(22-29-13-8-9-14-34(29)39)20-27-11-10-12-28(16-27)21-43-36(19-32(24-44)46-43)37(45)40-35-18-30-17-33(26(35)3)38(30,4)5/h8-14,16,25-26,30-33,35-36,44H,15,17-24H2,1-7H3,(H,40,45)/t26-,30+,31?,32+,33-,35-,36?/m0/s1. The third-order valence-electron chi connectivity index (χ3n) is 11.2. The molecule has 7 nitrogen and oxygen atoms in total. The number of aliphatic hydroxyl groups excluding tert-OH is 1. The number of halogens is 1. The van der Waals surface area contributed by atoms with Gasteiger partial charge >= 0.3 is 0 Å². The van der Waals surface area contributed by atoms with E-state index in [9.17, 15) is 9.90 Å². The summed E-state index contributed by atoms with van der Waals surface area (Å²) in [4.78, 5) is 24.7. The zero-order valence-electron chi connectivity index (χ0n) is 29.1. The van der Waals surface area contributed by atoms with Gasteiger partial charge in [0.1, 0.15) is 12.1 Å². The molecular formula is C38H57ClN4O3. The lowest BCUT2D eigenvalue weighted by molar-refractivity contribution is -0.182. The van der Waals surface area contributed by atoms with Crippen LogP contribution in [0.1, 0.15) is 77.0 Å². The molecule has 8 heteroatoms. The second kappa shape index (κ2) is 15.0. The molecule has 4 fully saturated rings. The number of aliphatic hydroxyl groups is 1. The average Bonchev–Trinajstić information content (AvgIpc) is 3.41. The highest BCUT2D eigenvalue weighted by Crippen LogP contribution is 2.61. The fourth-order valence-corrected chi connectivity index (χ4v) is 8.69. The van der Waals surface area contributed by atoms with Crippen molar-refractivity contribution in [2.45, 2.75) is 104 Å². The number of likely N-dealkylation sites (N-methyl/N-ethyl adjacent to an activating group) is 1. The molecule has 1 amide bonds. The third kappa shape index (κ3) is 8.16. The summed E-state index contributed by atoms with van der Waals surface area (Å²) in [5.41, 5.74) is 3.82. The van der Waals surface area contributed by atoms with Crippen LogP contribution in [0.15, 0.2) is 48.5 Å². The summed E-state index contributed by atoms with van der Waals surface area (Å²) >= 11 is 6.65. The molecule has 6 rings (SSSR count). The van der Waals surface area contributed by atoms with Gasteiger partial charge < -0.3 is 15.3 Å². The quantitative estimate of drug-likeness (QED) is 0.247. The number of carbonyl (C=O) groups is 1. The Balaban J connectivity index is 1.30. The summed E-state index contributed by atoms with van der Waals surface area (Å²) in [5, 5.41) is 16.0. The van der Waals surface area contributed by atoms with Gasteiger partial charge in [-0.1, -0.05) is 88.7 Å². The van der Waals surface area contributed by atoms with Gasteiger partial charge in [-0.2, -0.15) is 5.06 Å². The van der Waals surface area contributed by atoms with E-state index in [2.05, 4.69) is 100 Å². The van der Waals surface area contributed by atoms with Crippen molar-refractivity contribution in [2.24, 2.45) is 29.1 Å². The number of benzene rings is 2. The van der Waals surface area contributed by atoms with E-state index >= 15 is 0 Å². The molecule has 7 atom stereocenters. The van der Waals surface area contributed by atoms with E-state index in [4.69, 9.17) is 16.4 Å². The van der Waals surface area contributed by atoms with Crippen molar-refractivity contribution < 1.29 is 14.7 Å². The number of nitrogens with zero attached hydrogens (tertiary/aromatic N) is 3. The van der Waals surface area contributed by atoms with Crippen LogP contribution in [-0.2, 0) is 29.3 Å². The minimum absolute atomic E-state index is 0.0224. The first-order valence-electron chi connectivity index (χ1n) is 17.4. The van der Waals surface area contributed by atoms with Gasteiger partial charge in [-0.05, 0) is 85.2 Å². The van der Waals surface area contributed by atoms with Crippen molar-refractivity contribution in [2.75, 3.05) is 27.2 Å². The maximum absolute atomic E-state index is 13.7. The Morgan fingerprint density at radius 3 is 2.48 bits per heavy atom. The molecule has 2 aromatic rings. The normalized spacial score (nSPS) is 28.1. The summed E-state index contributed by atoms with van der Waals surface area (Å²) in [6, 6.07) is 16.9. The van der Waals surface area contributed by atoms with Crippen LogP contribution < -0.4 is 5.32 Å². The monoisotopic (exact) mass is 652 g/mol. The number of fused-ring (bicyclic) bond motifs is 2. The van der Waals surface area contributed by atoms with Crippen molar-refractivity contribution >= 4 is 17.5 Å². The molecule has 1 aliphatic heterocycles. The number of hydroxylamine groups is 2. The number of rotatable bonds is 14. The third-order valence-corrected chi connectivity index (χ3v) is 11.6. The zero-order valence-corrected chi connectivity index (χ0v) is 29.8.